The zero-order valence-electron chi connectivity index (χ0n) is 12.6. The van der Waals surface area contributed by atoms with Crippen molar-refractivity contribution in [2.75, 3.05) is 19.7 Å². The highest BCUT2D eigenvalue weighted by atomic mass is 79.9. The van der Waals surface area contributed by atoms with Crippen LogP contribution in [0.3, 0.4) is 0 Å². The van der Waals surface area contributed by atoms with E-state index in [0.29, 0.717) is 18.2 Å². The second-order valence-corrected chi connectivity index (χ2v) is 6.01. The molecule has 2 N–H and O–H groups in total. The van der Waals surface area contributed by atoms with Crippen LogP contribution < -0.4 is 15.4 Å². The highest BCUT2D eigenvalue weighted by Crippen LogP contribution is 2.22. The first kappa shape index (κ1) is 17.7. The second kappa shape index (κ2) is 9.58. The van der Waals surface area contributed by atoms with E-state index in [1.54, 1.807) is 6.08 Å². The third-order valence-corrected chi connectivity index (χ3v) is 3.47. The molecule has 0 fully saturated rings. The van der Waals surface area contributed by atoms with Crippen molar-refractivity contribution < 1.29 is 9.53 Å². The number of halogens is 1. The van der Waals surface area contributed by atoms with Crippen LogP contribution in [-0.4, -0.2) is 25.6 Å². The van der Waals surface area contributed by atoms with Gasteiger partial charge in [-0.15, -0.1) is 6.58 Å². The first-order valence-corrected chi connectivity index (χ1v) is 7.81. The number of ether oxygens (including phenoxy) is 1. The predicted octanol–water partition coefficient (Wildman–Crippen LogP) is 2.88. The lowest BCUT2D eigenvalue weighted by Crippen LogP contribution is -2.28. The van der Waals surface area contributed by atoms with E-state index in [0.717, 1.165) is 23.1 Å². The SMILES string of the molecule is C=CCNC(=O)COc1ccc(Br)c(CNCC(C)C)c1. The van der Waals surface area contributed by atoms with Crippen LogP contribution in [0.5, 0.6) is 5.75 Å². The monoisotopic (exact) mass is 354 g/mol. The molecular weight excluding hydrogens is 332 g/mol. The number of carbonyl (C=O) groups is 1. The first-order chi connectivity index (χ1) is 10.0. The quantitative estimate of drug-likeness (QED) is 0.670. The number of carbonyl (C=O) groups excluding carboxylic acids is 1. The third-order valence-electron chi connectivity index (χ3n) is 2.70. The Hall–Kier alpha value is -1.33. The molecule has 0 aliphatic heterocycles. The Morgan fingerprint density at radius 1 is 1.48 bits per heavy atom. The summed E-state index contributed by atoms with van der Waals surface area (Å²) in [5.74, 6) is 1.14. The van der Waals surface area contributed by atoms with Crippen molar-refractivity contribution in [2.45, 2.75) is 20.4 Å². The van der Waals surface area contributed by atoms with Crippen molar-refractivity contribution in [3.8, 4) is 5.75 Å². The summed E-state index contributed by atoms with van der Waals surface area (Å²) in [6, 6.07) is 5.72. The first-order valence-electron chi connectivity index (χ1n) is 7.02. The average molecular weight is 355 g/mol. The molecule has 1 rings (SSSR count). The van der Waals surface area contributed by atoms with Gasteiger partial charge >= 0.3 is 0 Å². The summed E-state index contributed by atoms with van der Waals surface area (Å²) in [7, 11) is 0. The molecule has 1 aromatic carbocycles. The van der Waals surface area contributed by atoms with Crippen LogP contribution in [0.15, 0.2) is 35.3 Å². The van der Waals surface area contributed by atoms with E-state index in [-0.39, 0.29) is 12.5 Å². The summed E-state index contributed by atoms with van der Waals surface area (Å²) in [5.41, 5.74) is 1.11. The summed E-state index contributed by atoms with van der Waals surface area (Å²) in [6.45, 7) is 10.1. The van der Waals surface area contributed by atoms with Crippen molar-refractivity contribution in [2.24, 2.45) is 5.92 Å². The zero-order valence-corrected chi connectivity index (χ0v) is 14.2. The molecule has 21 heavy (non-hydrogen) atoms. The molecule has 5 heteroatoms. The molecule has 1 aromatic rings. The van der Waals surface area contributed by atoms with Gasteiger partial charge in [0.05, 0.1) is 0 Å². The molecule has 0 bridgehead atoms. The van der Waals surface area contributed by atoms with Crippen molar-refractivity contribution in [3.05, 3.63) is 40.9 Å². The summed E-state index contributed by atoms with van der Waals surface area (Å²) in [5, 5.41) is 6.06. The second-order valence-electron chi connectivity index (χ2n) is 5.16. The van der Waals surface area contributed by atoms with Gasteiger partial charge in [0.2, 0.25) is 0 Å². The van der Waals surface area contributed by atoms with Gasteiger partial charge in [-0.3, -0.25) is 4.79 Å². The molecule has 116 valence electrons. The number of amides is 1. The van der Waals surface area contributed by atoms with Crippen LogP contribution in [-0.2, 0) is 11.3 Å². The maximum absolute atomic E-state index is 11.5. The van der Waals surface area contributed by atoms with Gasteiger partial charge in [-0.25, -0.2) is 0 Å². The maximum atomic E-state index is 11.5. The summed E-state index contributed by atoms with van der Waals surface area (Å²) < 4.78 is 6.52. The molecule has 0 saturated carbocycles. The molecular formula is C16H23BrN2O2. The van der Waals surface area contributed by atoms with Gasteiger partial charge < -0.3 is 15.4 Å². The van der Waals surface area contributed by atoms with Crippen LogP contribution in [0.25, 0.3) is 0 Å². The molecule has 0 aliphatic rings. The van der Waals surface area contributed by atoms with Gasteiger partial charge in [0, 0.05) is 17.6 Å². The highest BCUT2D eigenvalue weighted by Gasteiger charge is 2.05. The Morgan fingerprint density at radius 2 is 2.24 bits per heavy atom. The van der Waals surface area contributed by atoms with E-state index in [4.69, 9.17) is 4.74 Å². The number of nitrogens with one attached hydrogen (secondary N) is 2. The lowest BCUT2D eigenvalue weighted by atomic mass is 10.2. The summed E-state index contributed by atoms with van der Waals surface area (Å²) >= 11 is 3.53. The molecule has 1 amide bonds. The molecule has 0 radical (unpaired) electrons. The number of hydrogen-bond acceptors (Lipinski definition) is 3. The molecule has 0 heterocycles. The normalized spacial score (nSPS) is 10.5. The van der Waals surface area contributed by atoms with E-state index < -0.39 is 0 Å². The van der Waals surface area contributed by atoms with E-state index in [9.17, 15) is 4.79 Å². The van der Waals surface area contributed by atoms with Gasteiger partial charge in [-0.2, -0.15) is 0 Å². The minimum Gasteiger partial charge on any atom is -0.484 e. The Balaban J connectivity index is 2.51. The van der Waals surface area contributed by atoms with Gasteiger partial charge in [-0.05, 0) is 36.2 Å². The van der Waals surface area contributed by atoms with Crippen LogP contribution in [0.1, 0.15) is 19.4 Å². The molecule has 0 unspecified atom stereocenters. The Labute approximate surface area is 135 Å². The molecule has 0 aromatic heterocycles. The van der Waals surface area contributed by atoms with Crippen molar-refractivity contribution in [1.29, 1.82) is 0 Å². The highest BCUT2D eigenvalue weighted by molar-refractivity contribution is 9.10. The van der Waals surface area contributed by atoms with Gasteiger partial charge in [-0.1, -0.05) is 35.9 Å². The van der Waals surface area contributed by atoms with Gasteiger partial charge in [0.25, 0.3) is 5.91 Å². The lowest BCUT2D eigenvalue weighted by Gasteiger charge is -2.11. The standard InChI is InChI=1S/C16H23BrN2O2/c1-4-7-19-16(20)11-21-14-5-6-15(17)13(8-14)10-18-9-12(2)3/h4-6,8,12,18H,1,7,9-11H2,2-3H3,(H,19,20). The average Bonchev–Trinajstić information content (AvgIpc) is 2.45. The Kier molecular flexibility index (Phi) is 8.08. The van der Waals surface area contributed by atoms with E-state index in [1.165, 1.54) is 0 Å². The predicted molar refractivity (Wildman–Crippen MR) is 89.4 cm³/mol. The fourth-order valence-corrected chi connectivity index (χ4v) is 2.04. The zero-order chi connectivity index (χ0) is 15.7. The largest absolute Gasteiger partial charge is 0.484 e. The molecule has 0 saturated heterocycles. The Morgan fingerprint density at radius 3 is 2.90 bits per heavy atom. The smallest absolute Gasteiger partial charge is 0.258 e. The van der Waals surface area contributed by atoms with E-state index >= 15 is 0 Å². The fraction of sp³-hybridized carbons (Fsp3) is 0.438. The molecule has 0 atom stereocenters. The summed E-state index contributed by atoms with van der Waals surface area (Å²) in [4.78, 5) is 11.5. The summed E-state index contributed by atoms with van der Waals surface area (Å²) in [6.07, 6.45) is 1.63. The lowest BCUT2D eigenvalue weighted by molar-refractivity contribution is -0.122. The van der Waals surface area contributed by atoms with E-state index in [1.807, 2.05) is 18.2 Å². The maximum Gasteiger partial charge on any atom is 0.258 e. The molecule has 0 aliphatic carbocycles. The van der Waals surface area contributed by atoms with Crippen LogP contribution in [0, 0.1) is 5.92 Å². The fourth-order valence-electron chi connectivity index (χ4n) is 1.66. The van der Waals surface area contributed by atoms with Crippen LogP contribution in [0.2, 0.25) is 0 Å². The van der Waals surface area contributed by atoms with Crippen molar-refractivity contribution in [1.82, 2.24) is 10.6 Å². The van der Waals surface area contributed by atoms with E-state index in [2.05, 4.69) is 47.0 Å². The van der Waals surface area contributed by atoms with Crippen molar-refractivity contribution in [3.63, 3.8) is 0 Å². The van der Waals surface area contributed by atoms with Crippen LogP contribution >= 0.6 is 15.9 Å². The third kappa shape index (κ3) is 7.29. The van der Waals surface area contributed by atoms with Gasteiger partial charge in [0.15, 0.2) is 6.61 Å². The minimum atomic E-state index is -0.155. The van der Waals surface area contributed by atoms with Crippen molar-refractivity contribution >= 4 is 21.8 Å². The Bertz CT molecular complexity index is 475. The van der Waals surface area contributed by atoms with Crippen LogP contribution in [0.4, 0.5) is 0 Å². The minimum absolute atomic E-state index is 0.00827. The molecule has 4 nitrogen and oxygen atoms in total. The van der Waals surface area contributed by atoms with Gasteiger partial charge in [0.1, 0.15) is 5.75 Å². The topological polar surface area (TPSA) is 50.4 Å². The number of benzene rings is 1. The number of rotatable bonds is 9. The number of hydrogen-bond donors (Lipinski definition) is 2. The molecule has 0 spiro atoms.